The second-order valence-electron chi connectivity index (χ2n) is 4.91. The van der Waals surface area contributed by atoms with E-state index in [1.807, 2.05) is 62.4 Å². The van der Waals surface area contributed by atoms with Gasteiger partial charge in [0.1, 0.15) is 16.4 Å². The van der Waals surface area contributed by atoms with E-state index in [1.54, 1.807) is 17.6 Å². The maximum Gasteiger partial charge on any atom is 0.144 e. The number of thiazole rings is 1. The Balaban J connectivity index is 2.03. The molecule has 116 valence electrons. The number of allylic oxidation sites excluding steroid dienone is 2. The van der Waals surface area contributed by atoms with Crippen molar-refractivity contribution in [3.05, 3.63) is 54.6 Å². The fraction of sp³-hybridized carbons (Fsp3) is 0.158. The van der Waals surface area contributed by atoms with Crippen molar-refractivity contribution in [3.63, 3.8) is 0 Å². The number of hydrogen-bond donors (Lipinski definition) is 0. The molecule has 0 aliphatic carbocycles. The summed E-state index contributed by atoms with van der Waals surface area (Å²) in [5.41, 5.74) is 2.91. The van der Waals surface area contributed by atoms with E-state index in [1.165, 1.54) is 4.70 Å². The van der Waals surface area contributed by atoms with Gasteiger partial charge in [-0.25, -0.2) is 4.98 Å². The molecule has 3 rings (SSSR count). The van der Waals surface area contributed by atoms with Crippen molar-refractivity contribution in [2.45, 2.75) is 13.8 Å². The van der Waals surface area contributed by atoms with E-state index >= 15 is 0 Å². The van der Waals surface area contributed by atoms with Crippen LogP contribution in [-0.2, 0) is 0 Å². The molecule has 0 aliphatic rings. The van der Waals surface area contributed by atoms with Gasteiger partial charge in [-0.15, -0.1) is 11.3 Å². The minimum Gasteiger partial charge on any atom is -0.492 e. The first-order valence-corrected chi connectivity index (χ1v) is 8.41. The highest BCUT2D eigenvalue weighted by Gasteiger charge is 2.09. The average Bonchev–Trinajstić information content (AvgIpc) is 3.01. The molecular formula is C19H18N2OS. The predicted octanol–water partition coefficient (Wildman–Crippen LogP) is 5.64. The number of para-hydroxylation sites is 1. The average molecular weight is 322 g/mol. The van der Waals surface area contributed by atoms with Gasteiger partial charge >= 0.3 is 0 Å². The molecular weight excluding hydrogens is 304 g/mol. The summed E-state index contributed by atoms with van der Waals surface area (Å²) in [6.45, 7) is 4.56. The van der Waals surface area contributed by atoms with Crippen LogP contribution < -0.4 is 4.74 Å². The second-order valence-corrected chi connectivity index (χ2v) is 5.94. The molecule has 2 aromatic carbocycles. The van der Waals surface area contributed by atoms with E-state index in [0.717, 1.165) is 27.5 Å². The number of aliphatic imine (C=N–C) groups is 1. The van der Waals surface area contributed by atoms with E-state index in [2.05, 4.69) is 11.1 Å². The summed E-state index contributed by atoms with van der Waals surface area (Å²) >= 11 is 1.69. The lowest BCUT2D eigenvalue weighted by molar-refractivity contribution is 0.341. The number of rotatable bonds is 5. The number of hydrogen-bond acceptors (Lipinski definition) is 4. The molecule has 0 saturated carbocycles. The number of fused-ring (bicyclic) bond motifs is 1. The van der Waals surface area contributed by atoms with Crippen LogP contribution >= 0.6 is 11.3 Å². The first-order valence-electron chi connectivity index (χ1n) is 7.60. The smallest absolute Gasteiger partial charge is 0.144 e. The molecule has 4 heteroatoms. The zero-order chi connectivity index (χ0) is 16.1. The molecule has 0 bridgehead atoms. The number of benzene rings is 2. The van der Waals surface area contributed by atoms with E-state index in [-0.39, 0.29) is 0 Å². The van der Waals surface area contributed by atoms with Crippen LogP contribution in [0.5, 0.6) is 5.75 Å². The lowest BCUT2D eigenvalue weighted by atomic mass is 10.2. The molecule has 0 atom stereocenters. The van der Waals surface area contributed by atoms with Crippen LogP contribution in [0.3, 0.4) is 0 Å². The van der Waals surface area contributed by atoms with Crippen molar-refractivity contribution in [1.29, 1.82) is 0 Å². The van der Waals surface area contributed by atoms with Crippen molar-refractivity contribution < 1.29 is 4.74 Å². The normalized spacial score (nSPS) is 11.7. The zero-order valence-electron chi connectivity index (χ0n) is 13.2. The largest absolute Gasteiger partial charge is 0.492 e. The summed E-state index contributed by atoms with van der Waals surface area (Å²) in [6.07, 6.45) is 5.63. The number of ether oxygens (including phenoxy) is 1. The quantitative estimate of drug-likeness (QED) is 0.570. The molecule has 0 fully saturated rings. The Hall–Kier alpha value is -2.46. The third kappa shape index (κ3) is 3.48. The van der Waals surface area contributed by atoms with Gasteiger partial charge in [-0.1, -0.05) is 18.2 Å². The van der Waals surface area contributed by atoms with Crippen molar-refractivity contribution in [2.24, 2.45) is 4.99 Å². The Morgan fingerprint density at radius 3 is 2.87 bits per heavy atom. The third-order valence-corrected chi connectivity index (χ3v) is 4.38. The summed E-state index contributed by atoms with van der Waals surface area (Å²) in [5.74, 6) is 0.790. The fourth-order valence-electron chi connectivity index (χ4n) is 2.23. The van der Waals surface area contributed by atoms with Gasteiger partial charge in [-0.05, 0) is 50.3 Å². The van der Waals surface area contributed by atoms with Gasteiger partial charge in [0.2, 0.25) is 0 Å². The Labute approximate surface area is 140 Å². The zero-order valence-corrected chi connectivity index (χ0v) is 14.0. The Morgan fingerprint density at radius 1 is 1.22 bits per heavy atom. The van der Waals surface area contributed by atoms with E-state index in [9.17, 15) is 0 Å². The van der Waals surface area contributed by atoms with Gasteiger partial charge < -0.3 is 4.74 Å². The molecule has 0 aliphatic heterocycles. The molecule has 0 radical (unpaired) electrons. The highest BCUT2D eigenvalue weighted by molar-refractivity contribution is 7.21. The topological polar surface area (TPSA) is 34.5 Å². The van der Waals surface area contributed by atoms with Crippen LogP contribution in [0.15, 0.2) is 59.6 Å². The van der Waals surface area contributed by atoms with Crippen LogP contribution in [0, 0.1) is 0 Å². The third-order valence-electron chi connectivity index (χ3n) is 3.29. The Bertz CT molecular complexity index is 832. The Morgan fingerprint density at radius 2 is 2.09 bits per heavy atom. The predicted molar refractivity (Wildman–Crippen MR) is 99.2 cm³/mol. The van der Waals surface area contributed by atoms with Crippen LogP contribution in [0.2, 0.25) is 0 Å². The van der Waals surface area contributed by atoms with Gasteiger partial charge in [-0.3, -0.25) is 4.99 Å². The van der Waals surface area contributed by atoms with Gasteiger partial charge in [0.05, 0.1) is 16.8 Å². The first kappa shape index (κ1) is 15.4. The van der Waals surface area contributed by atoms with Gasteiger partial charge in [0.15, 0.2) is 0 Å². The number of nitrogens with zero attached hydrogens (tertiary/aromatic N) is 2. The van der Waals surface area contributed by atoms with Crippen molar-refractivity contribution >= 4 is 33.5 Å². The fourth-order valence-corrected chi connectivity index (χ4v) is 3.20. The maximum absolute atomic E-state index is 5.66. The highest BCUT2D eigenvalue weighted by atomic mass is 32.1. The minimum absolute atomic E-state index is 0.618. The molecule has 3 aromatic rings. The summed E-state index contributed by atoms with van der Waals surface area (Å²) in [6, 6.07) is 14.2. The van der Waals surface area contributed by atoms with Crippen LogP contribution in [-0.4, -0.2) is 17.8 Å². The van der Waals surface area contributed by atoms with Crippen molar-refractivity contribution in [2.75, 3.05) is 6.61 Å². The molecule has 0 spiro atoms. The van der Waals surface area contributed by atoms with Gasteiger partial charge in [0, 0.05) is 11.8 Å². The van der Waals surface area contributed by atoms with Gasteiger partial charge in [-0.2, -0.15) is 0 Å². The van der Waals surface area contributed by atoms with Crippen LogP contribution in [0.25, 0.3) is 20.8 Å². The Kier molecular flexibility index (Phi) is 4.83. The summed E-state index contributed by atoms with van der Waals surface area (Å²) < 4.78 is 6.85. The molecule has 0 saturated heterocycles. The lowest BCUT2D eigenvalue weighted by Gasteiger charge is -2.07. The highest BCUT2D eigenvalue weighted by Crippen LogP contribution is 2.36. The summed E-state index contributed by atoms with van der Waals surface area (Å²) in [5, 5.41) is 0.997. The van der Waals surface area contributed by atoms with E-state index < -0.39 is 0 Å². The lowest BCUT2D eigenvalue weighted by Crippen LogP contribution is -1.92. The van der Waals surface area contributed by atoms with E-state index in [0.29, 0.717) is 6.61 Å². The first-order chi connectivity index (χ1) is 11.3. The minimum atomic E-state index is 0.618. The summed E-state index contributed by atoms with van der Waals surface area (Å²) in [4.78, 5) is 9.20. The molecule has 3 nitrogen and oxygen atoms in total. The molecule has 0 N–H and O–H groups in total. The number of aromatic nitrogens is 1. The SMILES string of the molecule is C/C=C/C=Nc1cc(-c2nc3ccccc3s2)ccc1OCC. The molecule has 1 heterocycles. The van der Waals surface area contributed by atoms with Crippen LogP contribution in [0.4, 0.5) is 5.69 Å². The van der Waals surface area contributed by atoms with Gasteiger partial charge in [0.25, 0.3) is 0 Å². The molecule has 0 amide bonds. The molecule has 1 aromatic heterocycles. The summed E-state index contributed by atoms with van der Waals surface area (Å²) in [7, 11) is 0. The maximum atomic E-state index is 5.66. The standard InChI is InChI=1S/C19H18N2OS/c1-3-5-12-20-16-13-14(10-11-17(16)22-4-2)19-21-15-8-6-7-9-18(15)23-19/h3,5-13H,4H2,1-2H3/b5-3+,20-12?. The second kappa shape index (κ2) is 7.20. The van der Waals surface area contributed by atoms with Crippen LogP contribution in [0.1, 0.15) is 13.8 Å². The van der Waals surface area contributed by atoms with E-state index in [4.69, 9.17) is 9.72 Å². The monoisotopic (exact) mass is 322 g/mol. The van der Waals surface area contributed by atoms with Crippen molar-refractivity contribution in [3.8, 4) is 16.3 Å². The molecule has 23 heavy (non-hydrogen) atoms. The molecule has 0 unspecified atom stereocenters. The van der Waals surface area contributed by atoms with Crippen molar-refractivity contribution in [1.82, 2.24) is 4.98 Å².